The molecule has 138 valence electrons. The molecule has 0 saturated heterocycles. The molecule has 0 aliphatic rings. The van der Waals surface area contributed by atoms with Crippen molar-refractivity contribution in [1.82, 2.24) is 0 Å². The second-order valence-corrected chi connectivity index (χ2v) is 4.65. The van der Waals surface area contributed by atoms with E-state index in [-0.39, 0.29) is 11.1 Å². The molecule has 0 aromatic carbocycles. The van der Waals surface area contributed by atoms with Gasteiger partial charge in [-0.15, -0.1) is 0 Å². The number of aliphatic carboxylic acids is 2. The van der Waals surface area contributed by atoms with E-state index < -0.39 is 24.2 Å². The molecule has 0 aromatic rings. The molecular weight excluding hydrogens is 316 g/mol. The molecule has 2 N–H and O–H groups in total. The summed E-state index contributed by atoms with van der Waals surface area (Å²) in [6.45, 7) is 18.6. The Morgan fingerprint density at radius 3 is 1.38 bits per heavy atom. The van der Waals surface area contributed by atoms with Gasteiger partial charge in [-0.25, -0.2) is 14.4 Å². The number of carbonyl (C=O) groups is 3. The number of carboxylic acid groups (broad SMARTS) is 2. The number of carboxylic acids is 2. The van der Waals surface area contributed by atoms with E-state index >= 15 is 0 Å². The van der Waals surface area contributed by atoms with Crippen molar-refractivity contribution in [3.8, 4) is 0 Å². The van der Waals surface area contributed by atoms with Gasteiger partial charge < -0.3 is 19.7 Å². The van der Waals surface area contributed by atoms with Crippen molar-refractivity contribution >= 4 is 17.9 Å². The Morgan fingerprint density at radius 1 is 0.875 bits per heavy atom. The van der Waals surface area contributed by atoms with Gasteiger partial charge in [-0.3, -0.25) is 0 Å². The zero-order valence-corrected chi connectivity index (χ0v) is 15.0. The lowest BCUT2D eigenvalue weighted by Crippen LogP contribution is -2.20. The van der Waals surface area contributed by atoms with E-state index in [0.717, 1.165) is 0 Å². The Labute approximate surface area is 143 Å². The maximum absolute atomic E-state index is 11.0. The van der Waals surface area contributed by atoms with Gasteiger partial charge in [0.05, 0.1) is 0 Å². The number of carbonyl (C=O) groups excluding carboxylic acids is 1. The van der Waals surface area contributed by atoms with Gasteiger partial charge in [0.1, 0.15) is 0 Å². The summed E-state index contributed by atoms with van der Waals surface area (Å²) in [4.78, 5) is 30.2. The van der Waals surface area contributed by atoms with Crippen LogP contribution < -0.4 is 0 Å². The van der Waals surface area contributed by atoms with Crippen molar-refractivity contribution in [3.05, 3.63) is 36.5 Å². The Morgan fingerprint density at radius 2 is 1.21 bits per heavy atom. The predicted octanol–water partition coefficient (Wildman–Crippen LogP) is 3.17. The van der Waals surface area contributed by atoms with Gasteiger partial charge in [0.15, 0.2) is 0 Å². The third-order valence-electron chi connectivity index (χ3n) is 2.00. The van der Waals surface area contributed by atoms with Crippen LogP contribution in [0.4, 0.5) is 0 Å². The number of esters is 1. The number of hydrogen-bond donors (Lipinski definition) is 2. The van der Waals surface area contributed by atoms with Crippen molar-refractivity contribution < 1.29 is 34.1 Å². The minimum Gasteiger partial charge on any atom is -0.478 e. The van der Waals surface area contributed by atoms with Crippen LogP contribution in [0.15, 0.2) is 36.5 Å². The van der Waals surface area contributed by atoms with E-state index in [1.807, 2.05) is 13.8 Å². The summed E-state index contributed by atoms with van der Waals surface area (Å²) >= 11 is 0. The quantitative estimate of drug-likeness (QED) is 0.414. The van der Waals surface area contributed by atoms with Gasteiger partial charge in [0, 0.05) is 29.7 Å². The van der Waals surface area contributed by atoms with Crippen LogP contribution in [0, 0.1) is 0 Å². The Hall–Kier alpha value is -2.41. The first-order valence-electron chi connectivity index (χ1n) is 7.16. The molecule has 1 unspecified atom stereocenters. The monoisotopic (exact) mass is 344 g/mol. The van der Waals surface area contributed by atoms with Crippen molar-refractivity contribution in [1.29, 1.82) is 0 Å². The van der Waals surface area contributed by atoms with Crippen molar-refractivity contribution in [2.24, 2.45) is 0 Å². The van der Waals surface area contributed by atoms with E-state index in [1.54, 1.807) is 6.92 Å². The van der Waals surface area contributed by atoms with Crippen LogP contribution in [0.2, 0.25) is 0 Å². The van der Waals surface area contributed by atoms with E-state index in [9.17, 15) is 14.4 Å². The van der Waals surface area contributed by atoms with Crippen LogP contribution in [0.1, 0.15) is 41.0 Å². The zero-order chi connectivity index (χ0) is 19.9. The maximum atomic E-state index is 11.0. The SMILES string of the molecule is C=C(C)C(=O)O.C=C(C)C(=O)O.C=C(C)C(=O)OC(CC)OCC. The summed E-state index contributed by atoms with van der Waals surface area (Å²) in [5, 5.41) is 15.8. The largest absolute Gasteiger partial charge is 0.478 e. The fourth-order valence-corrected chi connectivity index (χ4v) is 0.641. The maximum Gasteiger partial charge on any atom is 0.335 e. The highest BCUT2D eigenvalue weighted by Gasteiger charge is 2.11. The van der Waals surface area contributed by atoms with E-state index in [4.69, 9.17) is 19.7 Å². The average Bonchev–Trinajstić information content (AvgIpc) is 2.47. The highest BCUT2D eigenvalue weighted by Crippen LogP contribution is 2.03. The third-order valence-corrected chi connectivity index (χ3v) is 2.00. The van der Waals surface area contributed by atoms with Gasteiger partial charge in [0.25, 0.3) is 0 Å². The fourth-order valence-electron chi connectivity index (χ4n) is 0.641. The summed E-state index contributed by atoms with van der Waals surface area (Å²) in [5.74, 6) is -2.26. The molecule has 0 rings (SSSR count). The highest BCUT2D eigenvalue weighted by molar-refractivity contribution is 5.87. The molecule has 0 aromatic heterocycles. The lowest BCUT2D eigenvalue weighted by molar-refractivity contribution is -0.173. The third kappa shape index (κ3) is 19.6. The van der Waals surface area contributed by atoms with Gasteiger partial charge in [-0.05, 0) is 27.7 Å². The number of hydrogen-bond acceptors (Lipinski definition) is 5. The molecule has 7 nitrogen and oxygen atoms in total. The van der Waals surface area contributed by atoms with Gasteiger partial charge in [-0.1, -0.05) is 26.7 Å². The molecule has 0 amide bonds. The van der Waals surface area contributed by atoms with Gasteiger partial charge in [-0.2, -0.15) is 0 Å². The van der Waals surface area contributed by atoms with E-state index in [2.05, 4.69) is 19.7 Å². The molecule has 1 atom stereocenters. The lowest BCUT2D eigenvalue weighted by Gasteiger charge is -2.15. The summed E-state index contributed by atoms with van der Waals surface area (Å²) in [6, 6.07) is 0. The molecule has 0 aliphatic heterocycles. The number of ether oxygens (including phenoxy) is 2. The minimum absolute atomic E-state index is 0.176. The molecule has 0 saturated carbocycles. The van der Waals surface area contributed by atoms with Crippen LogP contribution in [0.25, 0.3) is 0 Å². The Balaban J connectivity index is -0.000000309. The van der Waals surface area contributed by atoms with Crippen LogP contribution in [-0.4, -0.2) is 41.0 Å². The van der Waals surface area contributed by atoms with Crippen LogP contribution in [0.3, 0.4) is 0 Å². The molecular formula is C17H28O7. The number of rotatable bonds is 7. The molecule has 0 bridgehead atoms. The van der Waals surface area contributed by atoms with Crippen molar-refractivity contribution in [3.63, 3.8) is 0 Å². The fraction of sp³-hybridized carbons (Fsp3) is 0.471. The molecule has 0 radical (unpaired) electrons. The van der Waals surface area contributed by atoms with Gasteiger partial charge >= 0.3 is 17.9 Å². The predicted molar refractivity (Wildman–Crippen MR) is 91.5 cm³/mol. The molecule has 7 heteroatoms. The van der Waals surface area contributed by atoms with Gasteiger partial charge in [0.2, 0.25) is 6.29 Å². The second kappa shape index (κ2) is 15.5. The molecule has 0 aliphatic carbocycles. The molecule has 0 heterocycles. The first-order valence-corrected chi connectivity index (χ1v) is 7.16. The summed E-state index contributed by atoms with van der Waals surface area (Å²) < 4.78 is 10.1. The smallest absolute Gasteiger partial charge is 0.335 e. The van der Waals surface area contributed by atoms with E-state index in [1.165, 1.54) is 13.8 Å². The van der Waals surface area contributed by atoms with Crippen molar-refractivity contribution in [2.45, 2.75) is 47.3 Å². The summed E-state index contributed by atoms with van der Waals surface area (Å²) in [7, 11) is 0. The Bertz CT molecular complexity index is 416. The Kier molecular flexibility index (Phi) is 17.1. The van der Waals surface area contributed by atoms with Crippen molar-refractivity contribution in [2.75, 3.05) is 6.61 Å². The molecule has 0 fully saturated rings. The first-order chi connectivity index (χ1) is 10.9. The summed E-state index contributed by atoms with van der Waals surface area (Å²) in [6.07, 6.45) is 0.228. The minimum atomic E-state index is -0.935. The zero-order valence-electron chi connectivity index (χ0n) is 15.0. The normalized spacial score (nSPS) is 9.88. The molecule has 0 spiro atoms. The van der Waals surface area contributed by atoms with E-state index in [0.29, 0.717) is 18.6 Å². The topological polar surface area (TPSA) is 110 Å². The lowest BCUT2D eigenvalue weighted by atomic mass is 10.3. The second-order valence-electron chi connectivity index (χ2n) is 4.65. The molecule has 24 heavy (non-hydrogen) atoms. The van der Waals surface area contributed by atoms with Crippen LogP contribution in [0.5, 0.6) is 0 Å². The summed E-state index contributed by atoms with van der Waals surface area (Å²) in [5.41, 5.74) is 0.748. The first kappa shape index (κ1) is 26.5. The average molecular weight is 344 g/mol. The van der Waals surface area contributed by atoms with Crippen LogP contribution >= 0.6 is 0 Å². The van der Waals surface area contributed by atoms with Crippen LogP contribution in [-0.2, 0) is 23.9 Å². The standard InChI is InChI=1S/C9H16O3.2C4H6O2/c1-5-8(11-6-2)12-9(10)7(3)4;2*1-3(2)4(5)6/h8H,3,5-6H2,1-2,4H3;2*1H2,2H3,(H,5,6). The highest BCUT2D eigenvalue weighted by atomic mass is 16.7.